The Morgan fingerprint density at radius 2 is 2.24 bits per heavy atom. The molecule has 2 heterocycles. The Bertz CT molecular complexity index is 427. The van der Waals surface area contributed by atoms with E-state index in [1.165, 1.54) is 6.42 Å². The van der Waals surface area contributed by atoms with Gasteiger partial charge in [-0.3, -0.25) is 9.67 Å². The van der Waals surface area contributed by atoms with Gasteiger partial charge in [0.05, 0.1) is 0 Å². The van der Waals surface area contributed by atoms with Crippen LogP contribution >= 0.6 is 24.0 Å². The van der Waals surface area contributed by atoms with Crippen LogP contribution in [0.5, 0.6) is 0 Å². The molecule has 120 valence electrons. The summed E-state index contributed by atoms with van der Waals surface area (Å²) in [6.07, 6.45) is 6.08. The van der Waals surface area contributed by atoms with E-state index in [-0.39, 0.29) is 24.0 Å². The van der Waals surface area contributed by atoms with Crippen LogP contribution in [-0.2, 0) is 6.54 Å². The lowest BCUT2D eigenvalue weighted by molar-refractivity contribution is 0.370. The first-order valence-electron chi connectivity index (χ1n) is 7.61. The highest BCUT2D eigenvalue weighted by Crippen LogP contribution is 2.28. The third-order valence-corrected chi connectivity index (χ3v) is 3.68. The third kappa shape index (κ3) is 5.84. The summed E-state index contributed by atoms with van der Waals surface area (Å²) in [6, 6.07) is 1.96. The maximum atomic E-state index is 4.75. The highest BCUT2D eigenvalue weighted by molar-refractivity contribution is 14.0. The van der Waals surface area contributed by atoms with Crippen LogP contribution in [0.4, 0.5) is 0 Å². The van der Waals surface area contributed by atoms with Crippen LogP contribution in [0, 0.1) is 5.41 Å². The molecule has 0 bridgehead atoms. The second-order valence-corrected chi connectivity index (χ2v) is 6.19. The zero-order valence-electron chi connectivity index (χ0n) is 13.4. The van der Waals surface area contributed by atoms with E-state index in [2.05, 4.69) is 36.1 Å². The van der Waals surface area contributed by atoms with Crippen LogP contribution in [0.25, 0.3) is 0 Å². The summed E-state index contributed by atoms with van der Waals surface area (Å²) in [5.41, 5.74) is 0.408. The van der Waals surface area contributed by atoms with Gasteiger partial charge in [0.25, 0.3) is 0 Å². The standard InChI is InChI=1S/C15H27N5.HI/c1-4-16-14(19-12-7-15(2,3)13-19)17-8-5-10-20-11-6-9-18-20;/h6,9,11H,4-5,7-8,10,12-13H2,1-3H3,(H,16,17);1H. The van der Waals surface area contributed by atoms with Crippen molar-refractivity contribution in [3.8, 4) is 0 Å². The smallest absolute Gasteiger partial charge is 0.193 e. The van der Waals surface area contributed by atoms with Gasteiger partial charge < -0.3 is 10.2 Å². The van der Waals surface area contributed by atoms with Crippen molar-refractivity contribution in [1.82, 2.24) is 20.0 Å². The van der Waals surface area contributed by atoms with Gasteiger partial charge in [-0.05, 0) is 31.2 Å². The summed E-state index contributed by atoms with van der Waals surface area (Å²) >= 11 is 0. The van der Waals surface area contributed by atoms with E-state index < -0.39 is 0 Å². The maximum Gasteiger partial charge on any atom is 0.193 e. The highest BCUT2D eigenvalue weighted by atomic mass is 127. The first-order chi connectivity index (χ1) is 9.61. The first-order valence-corrected chi connectivity index (χ1v) is 7.61. The number of aryl methyl sites for hydroxylation is 1. The van der Waals surface area contributed by atoms with Gasteiger partial charge in [0.1, 0.15) is 0 Å². The molecule has 0 saturated carbocycles. The zero-order valence-corrected chi connectivity index (χ0v) is 15.7. The van der Waals surface area contributed by atoms with E-state index in [1.807, 2.05) is 23.1 Å². The molecule has 6 heteroatoms. The average molecular weight is 405 g/mol. The minimum absolute atomic E-state index is 0. The molecule has 0 spiro atoms. The summed E-state index contributed by atoms with van der Waals surface area (Å²) in [7, 11) is 0. The van der Waals surface area contributed by atoms with Crippen LogP contribution in [0.15, 0.2) is 23.5 Å². The predicted molar refractivity (Wildman–Crippen MR) is 98.2 cm³/mol. The Kier molecular flexibility index (Phi) is 7.48. The SMILES string of the molecule is CCNC(=NCCCn1cccn1)N1CCC(C)(C)C1.I. The van der Waals surface area contributed by atoms with Gasteiger partial charge in [-0.15, -0.1) is 24.0 Å². The van der Waals surface area contributed by atoms with Crippen molar-refractivity contribution in [3.05, 3.63) is 18.5 Å². The van der Waals surface area contributed by atoms with Crippen LogP contribution in [0.3, 0.4) is 0 Å². The number of aromatic nitrogens is 2. The van der Waals surface area contributed by atoms with Crippen molar-refractivity contribution >= 4 is 29.9 Å². The van der Waals surface area contributed by atoms with Gasteiger partial charge in [0, 0.05) is 45.1 Å². The number of nitrogens with zero attached hydrogens (tertiary/aromatic N) is 4. The number of hydrogen-bond acceptors (Lipinski definition) is 2. The fraction of sp³-hybridized carbons (Fsp3) is 0.733. The number of rotatable bonds is 5. The molecule has 0 aromatic carbocycles. The number of likely N-dealkylation sites (tertiary alicyclic amines) is 1. The van der Waals surface area contributed by atoms with E-state index in [9.17, 15) is 0 Å². The lowest BCUT2D eigenvalue weighted by Crippen LogP contribution is -2.40. The molecule has 0 aliphatic carbocycles. The lowest BCUT2D eigenvalue weighted by atomic mass is 9.93. The van der Waals surface area contributed by atoms with Crippen LogP contribution < -0.4 is 5.32 Å². The van der Waals surface area contributed by atoms with Crippen LogP contribution in [0.2, 0.25) is 0 Å². The summed E-state index contributed by atoms with van der Waals surface area (Å²) < 4.78 is 1.96. The largest absolute Gasteiger partial charge is 0.357 e. The monoisotopic (exact) mass is 405 g/mol. The van der Waals surface area contributed by atoms with E-state index in [1.54, 1.807) is 0 Å². The number of hydrogen-bond donors (Lipinski definition) is 1. The quantitative estimate of drug-likeness (QED) is 0.355. The van der Waals surface area contributed by atoms with Gasteiger partial charge in [0.2, 0.25) is 0 Å². The number of halogens is 1. The van der Waals surface area contributed by atoms with Crippen LogP contribution in [0.1, 0.15) is 33.6 Å². The van der Waals surface area contributed by atoms with Gasteiger partial charge >= 0.3 is 0 Å². The fourth-order valence-corrected chi connectivity index (χ4v) is 2.57. The van der Waals surface area contributed by atoms with Crippen molar-refractivity contribution in [2.24, 2.45) is 10.4 Å². The Labute approximate surface area is 145 Å². The molecule has 2 rings (SSSR count). The molecule has 0 unspecified atom stereocenters. The van der Waals surface area contributed by atoms with Gasteiger partial charge in [-0.1, -0.05) is 13.8 Å². The molecule has 1 aliphatic rings. The second-order valence-electron chi connectivity index (χ2n) is 6.19. The fourth-order valence-electron chi connectivity index (χ4n) is 2.57. The maximum absolute atomic E-state index is 4.75. The third-order valence-electron chi connectivity index (χ3n) is 3.68. The average Bonchev–Trinajstić information content (AvgIpc) is 3.02. The molecule has 1 aromatic heterocycles. The summed E-state index contributed by atoms with van der Waals surface area (Å²) in [5.74, 6) is 1.07. The van der Waals surface area contributed by atoms with Gasteiger partial charge in [-0.25, -0.2) is 0 Å². The minimum Gasteiger partial charge on any atom is -0.357 e. The summed E-state index contributed by atoms with van der Waals surface area (Å²) in [4.78, 5) is 7.14. The number of guanidine groups is 1. The Morgan fingerprint density at radius 1 is 1.43 bits per heavy atom. The molecule has 1 fully saturated rings. The Hall–Kier alpha value is -0.790. The van der Waals surface area contributed by atoms with E-state index >= 15 is 0 Å². The van der Waals surface area contributed by atoms with Crippen molar-refractivity contribution < 1.29 is 0 Å². The van der Waals surface area contributed by atoms with Gasteiger partial charge in [0.15, 0.2) is 5.96 Å². The molecule has 0 radical (unpaired) electrons. The molecule has 1 saturated heterocycles. The van der Waals surface area contributed by atoms with E-state index in [0.29, 0.717) is 5.41 Å². The highest BCUT2D eigenvalue weighted by Gasteiger charge is 2.30. The topological polar surface area (TPSA) is 45.5 Å². The van der Waals surface area contributed by atoms with Crippen molar-refractivity contribution in [2.75, 3.05) is 26.2 Å². The molecule has 5 nitrogen and oxygen atoms in total. The minimum atomic E-state index is 0. The second kappa shape index (κ2) is 8.60. The zero-order chi connectivity index (χ0) is 14.4. The lowest BCUT2D eigenvalue weighted by Gasteiger charge is -2.23. The van der Waals surface area contributed by atoms with Gasteiger partial charge in [-0.2, -0.15) is 5.10 Å². The Morgan fingerprint density at radius 3 is 2.81 bits per heavy atom. The molecule has 21 heavy (non-hydrogen) atoms. The molecule has 0 amide bonds. The molecule has 1 N–H and O–H groups in total. The molecular formula is C15H28IN5. The number of aliphatic imine (C=N–C) groups is 1. The first kappa shape index (κ1) is 18.3. The van der Waals surface area contributed by atoms with Crippen LogP contribution in [-0.4, -0.2) is 46.8 Å². The Balaban J connectivity index is 0.00000220. The summed E-state index contributed by atoms with van der Waals surface area (Å²) in [6.45, 7) is 11.7. The van der Waals surface area contributed by atoms with Crippen molar-refractivity contribution in [2.45, 2.75) is 40.2 Å². The van der Waals surface area contributed by atoms with Crippen molar-refractivity contribution in [3.63, 3.8) is 0 Å². The van der Waals surface area contributed by atoms with E-state index in [0.717, 1.165) is 45.1 Å². The normalized spacial score (nSPS) is 17.7. The molecule has 0 atom stereocenters. The summed E-state index contributed by atoms with van der Waals surface area (Å²) in [5, 5.41) is 7.62. The van der Waals surface area contributed by atoms with Crippen molar-refractivity contribution in [1.29, 1.82) is 0 Å². The molecular weight excluding hydrogens is 377 g/mol. The molecule has 1 aromatic rings. The molecule has 1 aliphatic heterocycles. The predicted octanol–water partition coefficient (Wildman–Crippen LogP) is 2.59. The number of nitrogens with one attached hydrogen (secondary N) is 1. The van der Waals surface area contributed by atoms with E-state index in [4.69, 9.17) is 4.99 Å².